The van der Waals surface area contributed by atoms with Gasteiger partial charge in [0, 0.05) is 5.56 Å². The second-order valence-corrected chi connectivity index (χ2v) is 2.68. The highest BCUT2D eigenvalue weighted by Gasteiger charge is 2.08. The zero-order chi connectivity index (χ0) is 11.3. The molecule has 5 heteroatoms. The molecule has 0 radical (unpaired) electrons. The molecule has 1 aromatic carbocycles. The molecule has 0 atom stereocenters. The van der Waals surface area contributed by atoms with Gasteiger partial charge in [-0.3, -0.25) is 4.79 Å². The number of benzene rings is 1. The van der Waals surface area contributed by atoms with Crippen LogP contribution in [-0.4, -0.2) is 31.4 Å². The van der Waals surface area contributed by atoms with Crippen molar-refractivity contribution in [1.82, 2.24) is 0 Å². The smallest absolute Gasteiger partial charge is 0.207 e. The first kappa shape index (κ1) is 11.0. The lowest BCUT2D eigenvalue weighted by Crippen LogP contribution is -2.01. The average Bonchev–Trinajstić information content (AvgIpc) is 2.28. The number of nitrogens with zero attached hydrogens (tertiary/aromatic N) is 1. The number of ketones is 1. The first-order chi connectivity index (χ1) is 7.22. The van der Waals surface area contributed by atoms with E-state index in [4.69, 9.17) is 14.7 Å². The van der Waals surface area contributed by atoms with E-state index in [1.54, 1.807) is 12.1 Å². The molecule has 0 aliphatic heterocycles. The Kier molecular flexibility index (Phi) is 3.68. The molecular formula is C10H11NO4. The molecule has 1 N–H and O–H groups in total. The van der Waals surface area contributed by atoms with E-state index < -0.39 is 5.78 Å². The molecule has 5 nitrogen and oxygen atoms in total. The van der Waals surface area contributed by atoms with Gasteiger partial charge in [0.15, 0.2) is 11.5 Å². The third-order valence-corrected chi connectivity index (χ3v) is 1.84. The number of ether oxygens (including phenoxy) is 2. The largest absolute Gasteiger partial charge is 0.493 e. The number of rotatable bonds is 4. The molecule has 0 aliphatic carbocycles. The summed E-state index contributed by atoms with van der Waals surface area (Å²) < 4.78 is 10.0. The van der Waals surface area contributed by atoms with Crippen molar-refractivity contribution in [2.24, 2.45) is 5.16 Å². The molecule has 0 aromatic heterocycles. The Morgan fingerprint density at radius 1 is 1.33 bits per heavy atom. The van der Waals surface area contributed by atoms with Gasteiger partial charge in [0.25, 0.3) is 0 Å². The third-order valence-electron chi connectivity index (χ3n) is 1.84. The standard InChI is InChI=1S/C10H11NO4/c1-14-9-4-3-7(5-10(9)15-2)8(12)6-11-13/h3-6,13H,1-2H3/b11-6+. The minimum atomic E-state index is -0.404. The highest BCUT2D eigenvalue weighted by molar-refractivity contribution is 6.35. The minimum Gasteiger partial charge on any atom is -0.493 e. The van der Waals surface area contributed by atoms with E-state index in [1.807, 2.05) is 0 Å². The van der Waals surface area contributed by atoms with Crippen LogP contribution in [-0.2, 0) is 0 Å². The van der Waals surface area contributed by atoms with Crippen LogP contribution in [0.1, 0.15) is 10.4 Å². The van der Waals surface area contributed by atoms with Gasteiger partial charge in [-0.15, -0.1) is 0 Å². The SMILES string of the molecule is COc1ccc(C(=O)/C=N/O)cc1OC. The predicted molar refractivity (Wildman–Crippen MR) is 54.2 cm³/mol. The zero-order valence-corrected chi connectivity index (χ0v) is 8.43. The Balaban J connectivity index is 3.08. The number of oxime groups is 1. The van der Waals surface area contributed by atoms with Gasteiger partial charge in [-0.25, -0.2) is 0 Å². The molecule has 0 heterocycles. The molecule has 0 unspecified atom stereocenters. The Labute approximate surface area is 86.9 Å². The van der Waals surface area contributed by atoms with Crippen molar-refractivity contribution in [3.05, 3.63) is 23.8 Å². The van der Waals surface area contributed by atoms with E-state index >= 15 is 0 Å². The van der Waals surface area contributed by atoms with Crippen LogP contribution in [0.5, 0.6) is 11.5 Å². The average molecular weight is 209 g/mol. The molecular weight excluding hydrogens is 198 g/mol. The van der Waals surface area contributed by atoms with Gasteiger partial charge in [0.1, 0.15) is 6.21 Å². The quantitative estimate of drug-likeness (QED) is 0.351. The van der Waals surface area contributed by atoms with Gasteiger partial charge in [0.05, 0.1) is 14.2 Å². The molecule has 0 aliphatic rings. The van der Waals surface area contributed by atoms with E-state index in [-0.39, 0.29) is 0 Å². The lowest BCUT2D eigenvalue weighted by Gasteiger charge is -2.07. The van der Waals surface area contributed by atoms with Gasteiger partial charge in [-0.2, -0.15) is 0 Å². The molecule has 1 aromatic rings. The molecule has 0 fully saturated rings. The normalized spacial score (nSPS) is 10.3. The highest BCUT2D eigenvalue weighted by atomic mass is 16.5. The maximum absolute atomic E-state index is 11.3. The van der Waals surface area contributed by atoms with Gasteiger partial charge in [-0.1, -0.05) is 5.16 Å². The zero-order valence-electron chi connectivity index (χ0n) is 8.43. The van der Waals surface area contributed by atoms with Crippen LogP contribution in [0.4, 0.5) is 0 Å². The topological polar surface area (TPSA) is 68.1 Å². The lowest BCUT2D eigenvalue weighted by molar-refractivity contribution is 0.106. The van der Waals surface area contributed by atoms with Crippen molar-refractivity contribution in [2.45, 2.75) is 0 Å². The van der Waals surface area contributed by atoms with E-state index in [0.29, 0.717) is 17.1 Å². The number of carbonyl (C=O) groups is 1. The van der Waals surface area contributed by atoms with Crippen molar-refractivity contribution in [1.29, 1.82) is 0 Å². The summed E-state index contributed by atoms with van der Waals surface area (Å²) in [6.07, 6.45) is 0.821. The summed E-state index contributed by atoms with van der Waals surface area (Å²) in [5, 5.41) is 10.9. The molecule has 1 rings (SSSR count). The summed E-state index contributed by atoms with van der Waals surface area (Å²) in [7, 11) is 2.99. The molecule has 0 saturated heterocycles. The van der Waals surface area contributed by atoms with Crippen LogP contribution in [0.25, 0.3) is 0 Å². The van der Waals surface area contributed by atoms with Crippen molar-refractivity contribution >= 4 is 12.0 Å². The second kappa shape index (κ2) is 4.99. The monoisotopic (exact) mass is 209 g/mol. The minimum absolute atomic E-state index is 0.366. The summed E-state index contributed by atoms with van der Waals surface area (Å²) in [4.78, 5) is 11.3. The van der Waals surface area contributed by atoms with Crippen LogP contribution in [0.15, 0.2) is 23.4 Å². The van der Waals surface area contributed by atoms with Crippen molar-refractivity contribution in [3.63, 3.8) is 0 Å². The number of hydrogen-bond donors (Lipinski definition) is 1. The Bertz CT molecular complexity index is 387. The van der Waals surface area contributed by atoms with Crippen molar-refractivity contribution < 1.29 is 19.5 Å². The van der Waals surface area contributed by atoms with Gasteiger partial charge < -0.3 is 14.7 Å². The summed E-state index contributed by atoms with van der Waals surface area (Å²) in [5.41, 5.74) is 0.366. The Morgan fingerprint density at radius 2 is 2.00 bits per heavy atom. The van der Waals surface area contributed by atoms with Crippen LogP contribution in [0, 0.1) is 0 Å². The molecule has 15 heavy (non-hydrogen) atoms. The van der Waals surface area contributed by atoms with Crippen LogP contribution >= 0.6 is 0 Å². The maximum Gasteiger partial charge on any atom is 0.207 e. The number of hydrogen-bond acceptors (Lipinski definition) is 5. The predicted octanol–water partition coefficient (Wildman–Crippen LogP) is 1.35. The van der Waals surface area contributed by atoms with E-state index in [2.05, 4.69) is 5.16 Å². The fourth-order valence-electron chi connectivity index (χ4n) is 1.12. The molecule has 80 valence electrons. The highest BCUT2D eigenvalue weighted by Crippen LogP contribution is 2.27. The van der Waals surface area contributed by atoms with Crippen molar-refractivity contribution in [2.75, 3.05) is 14.2 Å². The summed E-state index contributed by atoms with van der Waals surface area (Å²) in [5.74, 6) is 0.586. The van der Waals surface area contributed by atoms with E-state index in [9.17, 15) is 4.79 Å². The maximum atomic E-state index is 11.3. The van der Waals surface area contributed by atoms with Crippen LogP contribution in [0.3, 0.4) is 0 Å². The molecule has 0 bridgehead atoms. The lowest BCUT2D eigenvalue weighted by atomic mass is 10.1. The Morgan fingerprint density at radius 3 is 2.53 bits per heavy atom. The number of carbonyl (C=O) groups excluding carboxylic acids is 1. The first-order valence-corrected chi connectivity index (χ1v) is 4.16. The van der Waals surface area contributed by atoms with E-state index in [1.165, 1.54) is 20.3 Å². The van der Waals surface area contributed by atoms with Gasteiger partial charge in [-0.05, 0) is 18.2 Å². The first-order valence-electron chi connectivity index (χ1n) is 4.16. The molecule has 0 spiro atoms. The molecule has 0 saturated carbocycles. The molecule has 0 amide bonds. The summed E-state index contributed by atoms with van der Waals surface area (Å²) in [6, 6.07) is 4.69. The fourth-order valence-corrected chi connectivity index (χ4v) is 1.12. The Hall–Kier alpha value is -2.04. The van der Waals surface area contributed by atoms with Crippen LogP contribution < -0.4 is 9.47 Å². The van der Waals surface area contributed by atoms with Gasteiger partial charge in [0.2, 0.25) is 5.78 Å². The summed E-state index contributed by atoms with van der Waals surface area (Å²) >= 11 is 0. The number of Topliss-reactive ketones (excluding diaryl/α,β-unsaturated/α-hetero) is 1. The van der Waals surface area contributed by atoms with Gasteiger partial charge >= 0.3 is 0 Å². The number of methoxy groups -OCH3 is 2. The van der Waals surface area contributed by atoms with E-state index in [0.717, 1.165) is 6.21 Å². The second-order valence-electron chi connectivity index (χ2n) is 2.68. The van der Waals surface area contributed by atoms with Crippen molar-refractivity contribution in [3.8, 4) is 11.5 Å². The fraction of sp³-hybridized carbons (Fsp3) is 0.200. The van der Waals surface area contributed by atoms with Crippen LogP contribution in [0.2, 0.25) is 0 Å². The third kappa shape index (κ3) is 2.46. The summed E-state index contributed by atoms with van der Waals surface area (Å²) in [6.45, 7) is 0.